The Kier molecular flexibility index (Phi) is 7.80. The first-order chi connectivity index (χ1) is 9.80. The fraction of sp³-hybridized carbons (Fsp3) is 0.412. The van der Waals surface area contributed by atoms with Crippen molar-refractivity contribution in [3.05, 3.63) is 41.0 Å². The molecule has 0 amide bonds. The summed E-state index contributed by atoms with van der Waals surface area (Å²) in [6, 6.07) is 11.4. The normalized spacial score (nSPS) is 9.55. The zero-order valence-corrected chi connectivity index (χ0v) is 11.9. The smallest absolute Gasteiger partial charge is 0.130 e. The van der Waals surface area contributed by atoms with Gasteiger partial charge in [0.05, 0.1) is 6.61 Å². The summed E-state index contributed by atoms with van der Waals surface area (Å²) >= 11 is 0. The van der Waals surface area contributed by atoms with E-state index < -0.39 is 0 Å². The minimum absolute atomic E-state index is 0.116. The van der Waals surface area contributed by atoms with Gasteiger partial charge in [-0.2, -0.15) is 10.5 Å². The Morgan fingerprint density at radius 1 is 1.10 bits per heavy atom. The van der Waals surface area contributed by atoms with Gasteiger partial charge in [-0.3, -0.25) is 0 Å². The number of benzene rings is 1. The Balaban J connectivity index is 2.38. The lowest BCUT2D eigenvalue weighted by Gasteiger charge is -2.04. The lowest BCUT2D eigenvalue weighted by molar-refractivity contribution is 0.117. The molecule has 0 saturated carbocycles. The van der Waals surface area contributed by atoms with Crippen LogP contribution in [0.4, 0.5) is 0 Å². The topological polar surface area (TPSA) is 56.8 Å². The number of unbranched alkanes of at least 4 members (excludes halogenated alkanes) is 3. The second-order valence-electron chi connectivity index (χ2n) is 4.64. The van der Waals surface area contributed by atoms with E-state index in [2.05, 4.69) is 6.92 Å². The maximum absolute atomic E-state index is 8.69. The van der Waals surface area contributed by atoms with Gasteiger partial charge in [-0.05, 0) is 23.6 Å². The molecule has 0 spiro atoms. The molecule has 0 unspecified atom stereocenters. The van der Waals surface area contributed by atoms with Crippen LogP contribution in [-0.2, 0) is 11.3 Å². The molecule has 20 heavy (non-hydrogen) atoms. The zero-order valence-electron chi connectivity index (χ0n) is 11.9. The first-order valence-electron chi connectivity index (χ1n) is 6.98. The molecule has 3 nitrogen and oxygen atoms in total. The van der Waals surface area contributed by atoms with Crippen molar-refractivity contribution in [2.75, 3.05) is 6.61 Å². The third-order valence-corrected chi connectivity index (χ3v) is 2.94. The molecule has 0 aliphatic heterocycles. The van der Waals surface area contributed by atoms with Crippen LogP contribution < -0.4 is 0 Å². The van der Waals surface area contributed by atoms with Gasteiger partial charge in [0.25, 0.3) is 0 Å². The highest BCUT2D eigenvalue weighted by atomic mass is 16.5. The van der Waals surface area contributed by atoms with Crippen LogP contribution in [0.25, 0.3) is 6.08 Å². The van der Waals surface area contributed by atoms with E-state index in [9.17, 15) is 0 Å². The van der Waals surface area contributed by atoms with Crippen LogP contribution in [0.3, 0.4) is 0 Å². The number of nitrogens with zero attached hydrogens (tertiary/aromatic N) is 2. The van der Waals surface area contributed by atoms with E-state index in [-0.39, 0.29) is 5.57 Å². The monoisotopic (exact) mass is 268 g/mol. The number of rotatable bonds is 8. The summed E-state index contributed by atoms with van der Waals surface area (Å²) in [5.41, 5.74) is 2.08. The average Bonchev–Trinajstić information content (AvgIpc) is 2.49. The molecular weight excluding hydrogens is 248 g/mol. The molecular formula is C17H20N2O. The van der Waals surface area contributed by atoms with E-state index in [4.69, 9.17) is 15.3 Å². The summed E-state index contributed by atoms with van der Waals surface area (Å²) in [5.74, 6) is 0. The third-order valence-electron chi connectivity index (χ3n) is 2.94. The SMILES string of the molecule is CCCCCCOCc1ccc(C=C(C#N)C#N)cc1. The van der Waals surface area contributed by atoms with Crippen molar-refractivity contribution in [3.63, 3.8) is 0 Å². The largest absolute Gasteiger partial charge is 0.377 e. The Morgan fingerprint density at radius 2 is 1.80 bits per heavy atom. The second kappa shape index (κ2) is 9.78. The van der Waals surface area contributed by atoms with Gasteiger partial charge in [-0.1, -0.05) is 50.5 Å². The molecule has 1 aromatic carbocycles. The Morgan fingerprint density at radius 3 is 2.40 bits per heavy atom. The quantitative estimate of drug-likeness (QED) is 0.524. The summed E-state index contributed by atoms with van der Waals surface area (Å²) in [6.45, 7) is 3.61. The average molecular weight is 268 g/mol. The molecule has 3 heteroatoms. The number of hydrogen-bond donors (Lipinski definition) is 0. The van der Waals surface area contributed by atoms with Crippen LogP contribution in [-0.4, -0.2) is 6.61 Å². The van der Waals surface area contributed by atoms with E-state index in [0.717, 1.165) is 24.2 Å². The number of hydrogen-bond acceptors (Lipinski definition) is 3. The maximum atomic E-state index is 8.69. The number of allylic oxidation sites excluding steroid dienone is 1. The summed E-state index contributed by atoms with van der Waals surface area (Å²) in [5, 5.41) is 17.4. The zero-order chi connectivity index (χ0) is 14.6. The Labute approximate surface area is 121 Å². The van der Waals surface area contributed by atoms with E-state index in [0.29, 0.717) is 6.61 Å². The van der Waals surface area contributed by atoms with Gasteiger partial charge < -0.3 is 4.74 Å². The summed E-state index contributed by atoms with van der Waals surface area (Å²) in [7, 11) is 0. The van der Waals surface area contributed by atoms with Crippen molar-refractivity contribution in [2.24, 2.45) is 0 Å². The molecule has 0 aromatic heterocycles. The second-order valence-corrected chi connectivity index (χ2v) is 4.64. The number of ether oxygens (including phenoxy) is 1. The molecule has 0 atom stereocenters. The van der Waals surface area contributed by atoms with Crippen LogP contribution in [0.15, 0.2) is 29.8 Å². The van der Waals surface area contributed by atoms with Gasteiger partial charge in [0.15, 0.2) is 0 Å². The lowest BCUT2D eigenvalue weighted by atomic mass is 10.1. The van der Waals surface area contributed by atoms with Gasteiger partial charge in [0, 0.05) is 6.61 Å². The molecule has 0 N–H and O–H groups in total. The standard InChI is InChI=1S/C17H20N2O/c1-2-3-4-5-10-20-14-16-8-6-15(7-9-16)11-17(12-18)13-19/h6-9,11H,2-5,10,14H2,1H3. The van der Waals surface area contributed by atoms with Crippen LogP contribution in [0.1, 0.15) is 43.7 Å². The van der Waals surface area contributed by atoms with Crippen molar-refractivity contribution in [3.8, 4) is 12.1 Å². The highest BCUT2D eigenvalue weighted by Gasteiger charge is 1.96. The fourth-order valence-electron chi connectivity index (χ4n) is 1.79. The van der Waals surface area contributed by atoms with Crippen LogP contribution in [0.2, 0.25) is 0 Å². The van der Waals surface area contributed by atoms with Gasteiger partial charge in [-0.15, -0.1) is 0 Å². The van der Waals surface area contributed by atoms with Crippen LogP contribution in [0, 0.1) is 22.7 Å². The predicted octanol–water partition coefficient (Wildman–Crippen LogP) is 4.21. The third kappa shape index (κ3) is 6.18. The van der Waals surface area contributed by atoms with Crippen LogP contribution >= 0.6 is 0 Å². The maximum Gasteiger partial charge on any atom is 0.130 e. The molecule has 0 radical (unpaired) electrons. The van der Waals surface area contributed by atoms with Crippen molar-refractivity contribution in [1.29, 1.82) is 10.5 Å². The van der Waals surface area contributed by atoms with Gasteiger partial charge >= 0.3 is 0 Å². The highest BCUT2D eigenvalue weighted by Crippen LogP contribution is 2.10. The highest BCUT2D eigenvalue weighted by molar-refractivity contribution is 5.61. The molecule has 0 fully saturated rings. The van der Waals surface area contributed by atoms with Crippen molar-refractivity contribution in [1.82, 2.24) is 0 Å². The summed E-state index contributed by atoms with van der Waals surface area (Å²) in [6.07, 6.45) is 6.43. The molecule has 0 heterocycles. The molecule has 0 aliphatic carbocycles. The van der Waals surface area contributed by atoms with E-state index in [1.165, 1.54) is 19.3 Å². The Hall–Kier alpha value is -2.10. The van der Waals surface area contributed by atoms with Gasteiger partial charge in [0.1, 0.15) is 17.7 Å². The Bertz CT molecular complexity index is 487. The van der Waals surface area contributed by atoms with Gasteiger partial charge in [0.2, 0.25) is 0 Å². The summed E-state index contributed by atoms with van der Waals surface area (Å²) in [4.78, 5) is 0. The molecule has 1 rings (SSSR count). The van der Waals surface area contributed by atoms with E-state index in [1.807, 2.05) is 36.4 Å². The molecule has 104 valence electrons. The molecule has 0 saturated heterocycles. The van der Waals surface area contributed by atoms with Gasteiger partial charge in [-0.25, -0.2) is 0 Å². The first kappa shape index (κ1) is 16.0. The minimum Gasteiger partial charge on any atom is -0.377 e. The lowest BCUT2D eigenvalue weighted by Crippen LogP contribution is -1.95. The van der Waals surface area contributed by atoms with Crippen molar-refractivity contribution in [2.45, 2.75) is 39.2 Å². The van der Waals surface area contributed by atoms with E-state index >= 15 is 0 Å². The minimum atomic E-state index is 0.116. The molecule has 1 aromatic rings. The van der Waals surface area contributed by atoms with E-state index in [1.54, 1.807) is 6.08 Å². The molecule has 0 bridgehead atoms. The van der Waals surface area contributed by atoms with Crippen molar-refractivity contribution >= 4 is 6.08 Å². The predicted molar refractivity (Wildman–Crippen MR) is 79.4 cm³/mol. The molecule has 0 aliphatic rings. The first-order valence-corrected chi connectivity index (χ1v) is 6.98. The summed E-state index contributed by atoms with van der Waals surface area (Å²) < 4.78 is 5.61. The number of nitriles is 2. The fourth-order valence-corrected chi connectivity index (χ4v) is 1.79. The van der Waals surface area contributed by atoms with Crippen LogP contribution in [0.5, 0.6) is 0 Å². The van der Waals surface area contributed by atoms with Crippen molar-refractivity contribution < 1.29 is 4.74 Å².